The highest BCUT2D eigenvalue weighted by Gasteiger charge is 2.15. The Morgan fingerprint density at radius 1 is 0.957 bits per heavy atom. The van der Waals surface area contributed by atoms with Crippen LogP contribution < -0.4 is 10.2 Å². The number of carbonyl (C=O) groups excluding carboxylic acids is 2. The van der Waals surface area contributed by atoms with E-state index in [9.17, 15) is 9.59 Å². The molecular formula is C19H22N2O2. The standard InChI is InChI=1S/C19H22N2O2/c1-16(22)20-14-12-19(23)21(18-10-6-3-7-11-18)15-13-17-8-4-2-5-9-17/h2-11H,12-15H2,1H3,(H,20,22). The molecule has 0 atom stereocenters. The molecule has 0 spiro atoms. The van der Waals surface area contributed by atoms with Crippen LogP contribution in [-0.4, -0.2) is 24.9 Å². The summed E-state index contributed by atoms with van der Waals surface area (Å²) < 4.78 is 0. The number of hydrogen-bond acceptors (Lipinski definition) is 2. The maximum Gasteiger partial charge on any atom is 0.228 e. The van der Waals surface area contributed by atoms with Gasteiger partial charge in [-0.25, -0.2) is 0 Å². The lowest BCUT2D eigenvalue weighted by Gasteiger charge is -2.23. The topological polar surface area (TPSA) is 49.4 Å². The van der Waals surface area contributed by atoms with Gasteiger partial charge in [0, 0.05) is 32.1 Å². The molecule has 0 aromatic heterocycles. The van der Waals surface area contributed by atoms with Crippen molar-refractivity contribution in [1.29, 1.82) is 0 Å². The highest BCUT2D eigenvalue weighted by Crippen LogP contribution is 2.15. The van der Waals surface area contributed by atoms with Gasteiger partial charge in [0.2, 0.25) is 11.8 Å². The van der Waals surface area contributed by atoms with Crippen LogP contribution in [-0.2, 0) is 16.0 Å². The summed E-state index contributed by atoms with van der Waals surface area (Å²) in [6.07, 6.45) is 1.09. The second-order valence-corrected chi connectivity index (χ2v) is 5.35. The zero-order chi connectivity index (χ0) is 16.5. The van der Waals surface area contributed by atoms with Gasteiger partial charge in [-0.15, -0.1) is 0 Å². The Labute approximate surface area is 137 Å². The smallest absolute Gasteiger partial charge is 0.228 e. The quantitative estimate of drug-likeness (QED) is 0.855. The van der Waals surface area contributed by atoms with E-state index in [-0.39, 0.29) is 11.8 Å². The van der Waals surface area contributed by atoms with E-state index in [4.69, 9.17) is 0 Å². The predicted molar refractivity (Wildman–Crippen MR) is 92.2 cm³/mol. The van der Waals surface area contributed by atoms with Crippen molar-refractivity contribution in [3.63, 3.8) is 0 Å². The lowest BCUT2D eigenvalue weighted by atomic mass is 10.1. The fraction of sp³-hybridized carbons (Fsp3) is 0.263. The molecule has 2 aromatic rings. The number of nitrogens with zero attached hydrogens (tertiary/aromatic N) is 1. The summed E-state index contributed by atoms with van der Waals surface area (Å²) in [5.74, 6) is -0.103. The minimum Gasteiger partial charge on any atom is -0.356 e. The van der Waals surface area contributed by atoms with Crippen molar-refractivity contribution >= 4 is 17.5 Å². The molecule has 0 radical (unpaired) electrons. The van der Waals surface area contributed by atoms with Crippen LogP contribution in [0.25, 0.3) is 0 Å². The van der Waals surface area contributed by atoms with E-state index in [1.807, 2.05) is 48.5 Å². The fourth-order valence-corrected chi connectivity index (χ4v) is 2.37. The number of anilines is 1. The number of amides is 2. The highest BCUT2D eigenvalue weighted by atomic mass is 16.2. The first-order valence-electron chi connectivity index (χ1n) is 7.80. The number of para-hydroxylation sites is 1. The van der Waals surface area contributed by atoms with E-state index in [0.29, 0.717) is 19.5 Å². The van der Waals surface area contributed by atoms with Crippen LogP contribution >= 0.6 is 0 Å². The molecule has 0 bridgehead atoms. The Balaban J connectivity index is 2.03. The van der Waals surface area contributed by atoms with Crippen molar-refractivity contribution in [2.24, 2.45) is 0 Å². The molecule has 23 heavy (non-hydrogen) atoms. The van der Waals surface area contributed by atoms with Gasteiger partial charge < -0.3 is 10.2 Å². The largest absolute Gasteiger partial charge is 0.356 e. The molecule has 0 heterocycles. The Kier molecular flexibility index (Phi) is 6.36. The molecule has 0 aliphatic heterocycles. The van der Waals surface area contributed by atoms with E-state index in [1.54, 1.807) is 4.90 Å². The SMILES string of the molecule is CC(=O)NCCC(=O)N(CCc1ccccc1)c1ccccc1. The normalized spacial score (nSPS) is 10.1. The maximum absolute atomic E-state index is 12.5. The monoisotopic (exact) mass is 310 g/mol. The van der Waals surface area contributed by atoms with E-state index >= 15 is 0 Å². The Bertz CT molecular complexity index is 626. The molecule has 2 amide bonds. The van der Waals surface area contributed by atoms with Crippen LogP contribution in [0.2, 0.25) is 0 Å². The zero-order valence-electron chi connectivity index (χ0n) is 13.4. The second-order valence-electron chi connectivity index (χ2n) is 5.35. The summed E-state index contributed by atoms with van der Waals surface area (Å²) >= 11 is 0. The van der Waals surface area contributed by atoms with Gasteiger partial charge in [0.25, 0.3) is 0 Å². The van der Waals surface area contributed by atoms with Gasteiger partial charge in [0.1, 0.15) is 0 Å². The third-order valence-electron chi connectivity index (χ3n) is 3.55. The molecule has 0 fully saturated rings. The van der Waals surface area contributed by atoms with Crippen LogP contribution in [0.1, 0.15) is 18.9 Å². The number of rotatable bonds is 7. The Morgan fingerprint density at radius 3 is 2.17 bits per heavy atom. The molecular weight excluding hydrogens is 288 g/mol. The first-order valence-corrected chi connectivity index (χ1v) is 7.80. The van der Waals surface area contributed by atoms with Gasteiger partial charge >= 0.3 is 0 Å². The van der Waals surface area contributed by atoms with E-state index in [2.05, 4.69) is 17.4 Å². The lowest BCUT2D eigenvalue weighted by Crippen LogP contribution is -2.35. The molecule has 0 aliphatic carbocycles. The molecule has 4 nitrogen and oxygen atoms in total. The molecule has 0 saturated carbocycles. The van der Waals surface area contributed by atoms with E-state index < -0.39 is 0 Å². The first kappa shape index (κ1) is 16.7. The molecule has 4 heteroatoms. The van der Waals surface area contributed by atoms with E-state index in [1.165, 1.54) is 12.5 Å². The Morgan fingerprint density at radius 2 is 1.57 bits per heavy atom. The van der Waals surface area contributed by atoms with Crippen LogP contribution in [0.4, 0.5) is 5.69 Å². The summed E-state index contributed by atoms with van der Waals surface area (Å²) in [6.45, 7) is 2.44. The van der Waals surface area contributed by atoms with Gasteiger partial charge in [-0.2, -0.15) is 0 Å². The van der Waals surface area contributed by atoms with Crippen LogP contribution in [0.15, 0.2) is 60.7 Å². The van der Waals surface area contributed by atoms with Gasteiger partial charge in [-0.3, -0.25) is 9.59 Å². The van der Waals surface area contributed by atoms with Gasteiger partial charge in [-0.05, 0) is 24.1 Å². The van der Waals surface area contributed by atoms with Gasteiger partial charge in [-0.1, -0.05) is 48.5 Å². The molecule has 0 saturated heterocycles. The molecule has 2 rings (SSSR count). The molecule has 2 aromatic carbocycles. The average Bonchev–Trinajstić information content (AvgIpc) is 2.56. The summed E-state index contributed by atoms with van der Waals surface area (Å²) in [7, 11) is 0. The van der Waals surface area contributed by atoms with Crippen molar-refractivity contribution < 1.29 is 9.59 Å². The van der Waals surface area contributed by atoms with Gasteiger partial charge in [0.15, 0.2) is 0 Å². The predicted octanol–water partition coefficient (Wildman–Crippen LogP) is 2.79. The summed E-state index contributed by atoms with van der Waals surface area (Å²) in [4.78, 5) is 25.2. The van der Waals surface area contributed by atoms with Crippen molar-refractivity contribution in [3.8, 4) is 0 Å². The molecule has 120 valence electrons. The summed E-state index contributed by atoms with van der Waals surface area (Å²) in [5, 5.41) is 2.67. The van der Waals surface area contributed by atoms with E-state index in [0.717, 1.165) is 12.1 Å². The van der Waals surface area contributed by atoms with Gasteiger partial charge in [0.05, 0.1) is 0 Å². The second kappa shape index (κ2) is 8.73. The van der Waals surface area contributed by atoms with Crippen LogP contribution in [0, 0.1) is 0 Å². The maximum atomic E-state index is 12.5. The Hall–Kier alpha value is -2.62. The first-order chi connectivity index (χ1) is 11.2. The zero-order valence-corrected chi connectivity index (χ0v) is 13.4. The summed E-state index contributed by atoms with van der Waals surface area (Å²) in [5.41, 5.74) is 2.08. The lowest BCUT2D eigenvalue weighted by molar-refractivity contribution is -0.120. The average molecular weight is 310 g/mol. The van der Waals surface area contributed by atoms with Crippen molar-refractivity contribution in [1.82, 2.24) is 5.32 Å². The minimum absolute atomic E-state index is 0.0147. The number of benzene rings is 2. The number of carbonyl (C=O) groups is 2. The van der Waals surface area contributed by atoms with Crippen molar-refractivity contribution in [2.45, 2.75) is 19.8 Å². The molecule has 0 aliphatic rings. The van der Waals surface area contributed by atoms with Crippen LogP contribution in [0.3, 0.4) is 0 Å². The number of hydrogen-bond donors (Lipinski definition) is 1. The molecule has 0 unspecified atom stereocenters. The number of nitrogens with one attached hydrogen (secondary N) is 1. The van der Waals surface area contributed by atoms with Crippen molar-refractivity contribution in [2.75, 3.05) is 18.0 Å². The fourth-order valence-electron chi connectivity index (χ4n) is 2.37. The summed E-state index contributed by atoms with van der Waals surface area (Å²) in [6, 6.07) is 19.7. The molecule has 1 N–H and O–H groups in total. The highest BCUT2D eigenvalue weighted by molar-refractivity contribution is 5.93. The third kappa shape index (κ3) is 5.58. The minimum atomic E-state index is -0.117. The van der Waals surface area contributed by atoms with Crippen molar-refractivity contribution in [3.05, 3.63) is 66.2 Å². The van der Waals surface area contributed by atoms with Crippen LogP contribution in [0.5, 0.6) is 0 Å². The third-order valence-corrected chi connectivity index (χ3v) is 3.55.